The molecule has 3 aromatic carbocycles. The summed E-state index contributed by atoms with van der Waals surface area (Å²) in [5.41, 5.74) is 3.74. The molecular weight excluding hydrogens is 527 g/mol. The molecule has 0 bridgehead atoms. The van der Waals surface area contributed by atoms with Crippen LogP contribution in [0.4, 0.5) is 11.4 Å². The number of hydrazone groups is 1. The lowest BCUT2D eigenvalue weighted by Gasteiger charge is -2.21. The van der Waals surface area contributed by atoms with Gasteiger partial charge in [0.15, 0.2) is 6.61 Å². The van der Waals surface area contributed by atoms with Crippen LogP contribution in [-0.4, -0.2) is 45.9 Å². The Labute approximate surface area is 218 Å². The molecule has 3 rings (SSSR count). The molecule has 2 N–H and O–H groups in total. The van der Waals surface area contributed by atoms with Crippen molar-refractivity contribution in [3.63, 3.8) is 0 Å². The summed E-state index contributed by atoms with van der Waals surface area (Å²) in [6.07, 6.45) is 2.39. The molecule has 0 atom stereocenters. The van der Waals surface area contributed by atoms with Crippen molar-refractivity contribution in [3.05, 3.63) is 88.4 Å². The highest BCUT2D eigenvalue weighted by Gasteiger charge is 2.20. The van der Waals surface area contributed by atoms with E-state index in [0.717, 1.165) is 10.6 Å². The molecule has 188 valence electrons. The highest BCUT2D eigenvalue weighted by molar-refractivity contribution is 7.92. The first kappa shape index (κ1) is 27.0. The molecule has 36 heavy (non-hydrogen) atoms. The fourth-order valence-corrected chi connectivity index (χ4v) is 4.07. The Morgan fingerprint density at radius 3 is 2.28 bits per heavy atom. The Balaban J connectivity index is 1.49. The van der Waals surface area contributed by atoms with Gasteiger partial charge < -0.3 is 10.1 Å². The standard InChI is InChI=1S/C24H22Cl2N4O5S/c1-36(33,34)30(19-10-8-18(25)9-11-19)15-23(31)29-27-14-17-6-12-20(13-7-17)35-16-24(32)28-22-5-3-2-4-21(22)26/h2-14H,15-16H2,1H3,(H,28,32)(H,29,31)/b27-14-. The van der Waals surface area contributed by atoms with Crippen LogP contribution < -0.4 is 19.8 Å². The average molecular weight is 549 g/mol. The molecule has 3 aromatic rings. The second-order valence-corrected chi connectivity index (χ2v) is 10.2. The van der Waals surface area contributed by atoms with Crippen LogP contribution in [0.1, 0.15) is 5.56 Å². The third kappa shape index (κ3) is 8.26. The Morgan fingerprint density at radius 1 is 0.972 bits per heavy atom. The number of ether oxygens (including phenoxy) is 1. The number of sulfonamides is 1. The minimum absolute atomic E-state index is 0.209. The molecule has 0 aliphatic rings. The minimum atomic E-state index is -3.71. The summed E-state index contributed by atoms with van der Waals surface area (Å²) in [4.78, 5) is 24.3. The third-order valence-electron chi connectivity index (χ3n) is 4.60. The van der Waals surface area contributed by atoms with Gasteiger partial charge >= 0.3 is 0 Å². The van der Waals surface area contributed by atoms with E-state index in [-0.39, 0.29) is 12.5 Å². The molecule has 0 radical (unpaired) electrons. The quantitative estimate of drug-likeness (QED) is 0.294. The Bertz CT molecular complexity index is 1350. The number of nitrogens with zero attached hydrogens (tertiary/aromatic N) is 2. The van der Waals surface area contributed by atoms with Crippen molar-refractivity contribution < 1.29 is 22.7 Å². The molecule has 0 aliphatic heterocycles. The number of hydrogen-bond donors (Lipinski definition) is 2. The summed E-state index contributed by atoms with van der Waals surface area (Å²) in [7, 11) is -3.71. The molecular formula is C24H22Cl2N4O5S. The number of para-hydroxylation sites is 1. The summed E-state index contributed by atoms with van der Waals surface area (Å²) in [5, 5.41) is 7.39. The van der Waals surface area contributed by atoms with E-state index in [4.69, 9.17) is 27.9 Å². The number of carbonyl (C=O) groups is 2. The molecule has 0 unspecified atom stereocenters. The summed E-state index contributed by atoms with van der Waals surface area (Å²) >= 11 is 11.9. The SMILES string of the molecule is CS(=O)(=O)N(CC(=O)N/N=C\c1ccc(OCC(=O)Nc2ccccc2Cl)cc1)c1ccc(Cl)cc1. The van der Waals surface area contributed by atoms with Crippen molar-refractivity contribution in [2.75, 3.05) is 29.0 Å². The first-order chi connectivity index (χ1) is 17.1. The Hall–Kier alpha value is -3.60. The van der Waals surface area contributed by atoms with Crippen LogP contribution >= 0.6 is 23.2 Å². The van der Waals surface area contributed by atoms with Gasteiger partial charge in [0.25, 0.3) is 11.8 Å². The maximum Gasteiger partial charge on any atom is 0.262 e. The number of rotatable bonds is 10. The number of benzene rings is 3. The maximum absolute atomic E-state index is 12.3. The van der Waals surface area contributed by atoms with E-state index in [0.29, 0.717) is 32.7 Å². The zero-order chi connectivity index (χ0) is 26.1. The fraction of sp³-hybridized carbons (Fsp3) is 0.125. The molecule has 9 nitrogen and oxygen atoms in total. The minimum Gasteiger partial charge on any atom is -0.484 e. The van der Waals surface area contributed by atoms with Crippen LogP contribution in [0.5, 0.6) is 5.75 Å². The van der Waals surface area contributed by atoms with E-state index < -0.39 is 22.5 Å². The number of nitrogens with one attached hydrogen (secondary N) is 2. The third-order valence-corrected chi connectivity index (χ3v) is 6.33. The molecule has 12 heteroatoms. The predicted octanol–water partition coefficient (Wildman–Crippen LogP) is 3.93. The molecule has 0 aliphatic carbocycles. The van der Waals surface area contributed by atoms with Gasteiger partial charge in [-0.1, -0.05) is 35.3 Å². The second kappa shape index (κ2) is 12.4. The number of halogens is 2. The summed E-state index contributed by atoms with van der Waals surface area (Å²) in [6, 6.07) is 19.6. The molecule has 0 spiro atoms. The van der Waals surface area contributed by atoms with Gasteiger partial charge in [0.1, 0.15) is 12.3 Å². The summed E-state index contributed by atoms with van der Waals surface area (Å²) < 4.78 is 30.6. The number of amides is 2. The van der Waals surface area contributed by atoms with Gasteiger partial charge in [0.05, 0.1) is 28.9 Å². The molecule has 0 heterocycles. The number of hydrogen-bond acceptors (Lipinski definition) is 6. The van der Waals surface area contributed by atoms with E-state index in [1.165, 1.54) is 30.5 Å². The van der Waals surface area contributed by atoms with Gasteiger partial charge in [0, 0.05) is 5.02 Å². The van der Waals surface area contributed by atoms with Crippen LogP contribution in [0.2, 0.25) is 10.0 Å². The summed E-state index contributed by atoms with van der Waals surface area (Å²) in [6.45, 7) is -0.667. The topological polar surface area (TPSA) is 117 Å². The van der Waals surface area contributed by atoms with Crippen LogP contribution in [-0.2, 0) is 19.6 Å². The zero-order valence-electron chi connectivity index (χ0n) is 19.0. The van der Waals surface area contributed by atoms with Gasteiger partial charge in [-0.2, -0.15) is 5.10 Å². The maximum atomic E-state index is 12.3. The number of anilines is 2. The Morgan fingerprint density at radius 2 is 1.64 bits per heavy atom. The fourth-order valence-electron chi connectivity index (χ4n) is 2.90. The molecule has 0 fully saturated rings. The first-order valence-corrected chi connectivity index (χ1v) is 13.0. The second-order valence-electron chi connectivity index (χ2n) is 7.42. The van der Waals surface area contributed by atoms with Gasteiger partial charge in [-0.25, -0.2) is 13.8 Å². The van der Waals surface area contributed by atoms with Crippen LogP contribution in [0.25, 0.3) is 0 Å². The lowest BCUT2D eigenvalue weighted by Crippen LogP contribution is -2.38. The smallest absolute Gasteiger partial charge is 0.262 e. The van der Waals surface area contributed by atoms with Crippen molar-refractivity contribution in [3.8, 4) is 5.75 Å². The monoisotopic (exact) mass is 548 g/mol. The number of carbonyl (C=O) groups excluding carboxylic acids is 2. The van der Waals surface area contributed by atoms with E-state index >= 15 is 0 Å². The summed E-state index contributed by atoms with van der Waals surface area (Å²) in [5.74, 6) is -0.536. The first-order valence-electron chi connectivity index (χ1n) is 10.4. The predicted molar refractivity (Wildman–Crippen MR) is 141 cm³/mol. The highest BCUT2D eigenvalue weighted by atomic mass is 35.5. The Kier molecular flexibility index (Phi) is 9.29. The van der Waals surface area contributed by atoms with E-state index in [9.17, 15) is 18.0 Å². The van der Waals surface area contributed by atoms with E-state index in [1.807, 2.05) is 0 Å². The lowest BCUT2D eigenvalue weighted by atomic mass is 10.2. The van der Waals surface area contributed by atoms with E-state index in [1.54, 1.807) is 48.5 Å². The van der Waals surface area contributed by atoms with Crippen molar-refractivity contribution in [2.24, 2.45) is 5.10 Å². The van der Waals surface area contributed by atoms with Crippen molar-refractivity contribution >= 4 is 62.6 Å². The van der Waals surface area contributed by atoms with Gasteiger partial charge in [0.2, 0.25) is 10.0 Å². The normalized spacial score (nSPS) is 11.2. The van der Waals surface area contributed by atoms with E-state index in [2.05, 4.69) is 15.8 Å². The molecule has 0 saturated carbocycles. The van der Waals surface area contributed by atoms with Crippen molar-refractivity contribution in [1.29, 1.82) is 0 Å². The van der Waals surface area contributed by atoms with Crippen molar-refractivity contribution in [2.45, 2.75) is 0 Å². The molecule has 0 saturated heterocycles. The highest BCUT2D eigenvalue weighted by Crippen LogP contribution is 2.21. The zero-order valence-corrected chi connectivity index (χ0v) is 21.3. The van der Waals surface area contributed by atoms with Gasteiger partial charge in [-0.05, 0) is 66.2 Å². The van der Waals surface area contributed by atoms with Crippen LogP contribution in [0.15, 0.2) is 77.9 Å². The average Bonchev–Trinajstić information content (AvgIpc) is 2.83. The van der Waals surface area contributed by atoms with Crippen LogP contribution in [0.3, 0.4) is 0 Å². The molecule has 0 aromatic heterocycles. The van der Waals surface area contributed by atoms with Crippen molar-refractivity contribution in [1.82, 2.24) is 5.43 Å². The molecule has 2 amide bonds. The lowest BCUT2D eigenvalue weighted by molar-refractivity contribution is -0.119. The van der Waals surface area contributed by atoms with Gasteiger partial charge in [-0.3, -0.25) is 13.9 Å². The largest absolute Gasteiger partial charge is 0.484 e. The van der Waals surface area contributed by atoms with Crippen LogP contribution in [0, 0.1) is 0 Å². The van der Waals surface area contributed by atoms with Gasteiger partial charge in [-0.15, -0.1) is 0 Å².